The van der Waals surface area contributed by atoms with Crippen LogP contribution in [0.4, 0.5) is 4.79 Å². The second-order valence-electron chi connectivity index (χ2n) is 5.63. The predicted octanol–water partition coefficient (Wildman–Crippen LogP) is -1.74. The molecule has 4 amide bonds. The van der Waals surface area contributed by atoms with Gasteiger partial charge < -0.3 is 4.90 Å². The quantitative estimate of drug-likeness (QED) is 0.442. The normalized spacial score (nSPS) is 26.6. The summed E-state index contributed by atoms with van der Waals surface area (Å²) in [6, 6.07) is -2.18. The zero-order valence-electron chi connectivity index (χ0n) is 13.0. The van der Waals surface area contributed by atoms with Crippen molar-refractivity contribution in [3.05, 3.63) is 0 Å². The van der Waals surface area contributed by atoms with Gasteiger partial charge in [0.25, 0.3) is 5.91 Å². The van der Waals surface area contributed by atoms with Crippen molar-refractivity contribution in [3.63, 3.8) is 0 Å². The van der Waals surface area contributed by atoms with Crippen molar-refractivity contribution in [3.8, 4) is 0 Å². The molecular weight excluding hydrogens is 355 g/mol. The third kappa shape index (κ3) is 3.83. The minimum Gasteiger partial charge on any atom is -0.309 e. The number of hydroxylamine groups is 2. The number of amides is 4. The Labute approximate surface area is 160 Å². The number of urea groups is 1. The maximum absolute atomic E-state index is 12.3. The van der Waals surface area contributed by atoms with Crippen LogP contribution in [0.1, 0.15) is 25.7 Å². The molecule has 2 N–H and O–H groups in total. The molecular formula is C11H16N4NaO7S. The minimum atomic E-state index is -4.82. The summed E-state index contributed by atoms with van der Waals surface area (Å²) in [4.78, 5) is 37.2. The fourth-order valence-electron chi connectivity index (χ4n) is 3.08. The SMILES string of the molecule is O=C(NN1CCCC1=O)[C@@H]1CC[C@@H]2CN1C(=O)N2OS(=O)(=O)O.[Na]. The van der Waals surface area contributed by atoms with Crippen LogP contribution in [0.2, 0.25) is 0 Å². The molecule has 1 radical (unpaired) electrons. The van der Waals surface area contributed by atoms with Crippen molar-refractivity contribution in [1.82, 2.24) is 20.4 Å². The second-order valence-corrected chi connectivity index (χ2v) is 6.64. The number of nitrogens with zero attached hydrogens (tertiary/aromatic N) is 3. The first-order valence-electron chi connectivity index (χ1n) is 7.14. The van der Waals surface area contributed by atoms with Gasteiger partial charge in [0.1, 0.15) is 6.04 Å². The van der Waals surface area contributed by atoms with Crippen LogP contribution < -0.4 is 5.43 Å². The van der Waals surface area contributed by atoms with Crippen LogP contribution in [0.3, 0.4) is 0 Å². The van der Waals surface area contributed by atoms with Gasteiger partial charge in [-0.1, -0.05) is 0 Å². The molecule has 3 aliphatic rings. The molecule has 0 spiro atoms. The van der Waals surface area contributed by atoms with E-state index in [4.69, 9.17) is 4.55 Å². The van der Waals surface area contributed by atoms with Crippen molar-refractivity contribution in [1.29, 1.82) is 0 Å². The summed E-state index contributed by atoms with van der Waals surface area (Å²) in [5.41, 5.74) is 2.49. The summed E-state index contributed by atoms with van der Waals surface area (Å²) in [6.07, 6.45) is 1.66. The van der Waals surface area contributed by atoms with Gasteiger partial charge in [-0.3, -0.25) is 24.6 Å². The molecule has 0 unspecified atom stereocenters. The monoisotopic (exact) mass is 371 g/mol. The number of carbonyl (C=O) groups is 3. The van der Waals surface area contributed by atoms with E-state index in [-0.39, 0.29) is 42.0 Å². The Balaban J connectivity index is 0.00000208. The second kappa shape index (κ2) is 7.14. The van der Waals surface area contributed by atoms with Gasteiger partial charge in [0, 0.05) is 49.1 Å². The zero-order valence-corrected chi connectivity index (χ0v) is 15.9. The van der Waals surface area contributed by atoms with Gasteiger partial charge in [-0.05, 0) is 19.3 Å². The maximum Gasteiger partial charge on any atom is 0.418 e. The van der Waals surface area contributed by atoms with E-state index < -0.39 is 34.4 Å². The first-order chi connectivity index (χ1) is 10.8. The summed E-state index contributed by atoms with van der Waals surface area (Å²) in [7, 11) is -4.82. The van der Waals surface area contributed by atoms with Crippen LogP contribution in [0.5, 0.6) is 0 Å². The van der Waals surface area contributed by atoms with E-state index in [0.717, 1.165) is 0 Å². The van der Waals surface area contributed by atoms with Crippen LogP contribution in [0, 0.1) is 0 Å². The Morgan fingerprint density at radius 1 is 1.29 bits per heavy atom. The fourth-order valence-corrected chi connectivity index (χ4v) is 3.47. The van der Waals surface area contributed by atoms with Crippen LogP contribution in [0.25, 0.3) is 0 Å². The summed E-state index contributed by atoms with van der Waals surface area (Å²) in [5, 5.41) is 1.80. The summed E-state index contributed by atoms with van der Waals surface area (Å²) < 4.78 is 34.6. The largest absolute Gasteiger partial charge is 0.418 e. The number of hydrazine groups is 1. The number of piperidine rings is 1. The molecule has 2 atom stereocenters. The van der Waals surface area contributed by atoms with Crippen molar-refractivity contribution in [2.24, 2.45) is 0 Å². The Hall–Kier alpha value is -0.920. The van der Waals surface area contributed by atoms with Gasteiger partial charge in [-0.15, -0.1) is 4.28 Å². The maximum atomic E-state index is 12.3. The summed E-state index contributed by atoms with van der Waals surface area (Å²) >= 11 is 0. The van der Waals surface area contributed by atoms with Gasteiger partial charge >= 0.3 is 16.4 Å². The smallest absolute Gasteiger partial charge is 0.309 e. The summed E-state index contributed by atoms with van der Waals surface area (Å²) in [6.45, 7) is 0.534. The molecule has 2 bridgehead atoms. The average Bonchev–Trinajstić information content (AvgIpc) is 2.96. The molecule has 0 aliphatic carbocycles. The van der Waals surface area contributed by atoms with Gasteiger partial charge in [0.2, 0.25) is 5.91 Å². The molecule has 0 aromatic heterocycles. The van der Waals surface area contributed by atoms with E-state index in [0.29, 0.717) is 37.3 Å². The van der Waals surface area contributed by atoms with Crippen molar-refractivity contribution >= 4 is 57.8 Å². The molecule has 3 fully saturated rings. The molecule has 11 nitrogen and oxygen atoms in total. The van der Waals surface area contributed by atoms with E-state index in [1.165, 1.54) is 9.91 Å². The standard InChI is InChI=1S/C11H16N4O7S.Na/c16-9-2-1-5-14(9)12-10(17)8-4-3-7-6-13(8)11(18)15(7)22-23(19,20)21;/h7-8H,1-6H2,(H,12,17)(H,19,20,21);/t7-,8+;/m1./s1. The Kier molecular flexibility index (Phi) is 5.77. The molecule has 129 valence electrons. The molecule has 3 rings (SSSR count). The Bertz CT molecular complexity index is 657. The van der Waals surface area contributed by atoms with E-state index in [1.54, 1.807) is 0 Å². The molecule has 3 aliphatic heterocycles. The van der Waals surface area contributed by atoms with Gasteiger partial charge in [-0.25, -0.2) is 4.79 Å². The zero-order chi connectivity index (χ0) is 16.8. The number of hydrogen-bond donors (Lipinski definition) is 2. The number of rotatable bonds is 4. The van der Waals surface area contributed by atoms with Crippen LogP contribution in [-0.4, -0.2) is 101 Å². The van der Waals surface area contributed by atoms with Gasteiger partial charge in [0.05, 0.1) is 6.04 Å². The van der Waals surface area contributed by atoms with E-state index in [1.807, 2.05) is 0 Å². The van der Waals surface area contributed by atoms with Gasteiger partial charge in [0.15, 0.2) is 0 Å². The van der Waals surface area contributed by atoms with Gasteiger partial charge in [-0.2, -0.15) is 13.5 Å². The molecule has 0 aromatic carbocycles. The van der Waals surface area contributed by atoms with Crippen molar-refractivity contribution in [2.45, 2.75) is 37.8 Å². The fraction of sp³-hybridized carbons (Fsp3) is 0.727. The summed E-state index contributed by atoms with van der Waals surface area (Å²) in [5.74, 6) is -0.683. The average molecular weight is 371 g/mol. The first kappa shape index (κ1) is 19.4. The Morgan fingerprint density at radius 2 is 2.00 bits per heavy atom. The minimum absolute atomic E-state index is 0. The van der Waals surface area contributed by atoms with E-state index >= 15 is 0 Å². The number of hydrogen-bond acceptors (Lipinski definition) is 6. The molecule has 24 heavy (non-hydrogen) atoms. The Morgan fingerprint density at radius 3 is 2.58 bits per heavy atom. The molecule has 3 saturated heterocycles. The topological polar surface area (TPSA) is 137 Å². The van der Waals surface area contributed by atoms with Crippen LogP contribution >= 0.6 is 0 Å². The molecule has 0 aromatic rings. The number of carbonyl (C=O) groups excluding carboxylic acids is 3. The first-order valence-corrected chi connectivity index (χ1v) is 8.50. The molecule has 13 heteroatoms. The third-order valence-electron chi connectivity index (χ3n) is 4.12. The van der Waals surface area contributed by atoms with Crippen LogP contribution in [-0.2, 0) is 24.3 Å². The third-order valence-corrected chi connectivity index (χ3v) is 4.47. The van der Waals surface area contributed by atoms with Crippen LogP contribution in [0.15, 0.2) is 0 Å². The molecule has 0 saturated carbocycles. The number of fused-ring (bicyclic) bond motifs is 2. The predicted molar refractivity (Wildman–Crippen MR) is 78.2 cm³/mol. The molecule has 3 heterocycles. The van der Waals surface area contributed by atoms with E-state index in [2.05, 4.69) is 9.71 Å². The van der Waals surface area contributed by atoms with Crippen molar-refractivity contribution < 1.29 is 31.6 Å². The van der Waals surface area contributed by atoms with Crippen molar-refractivity contribution in [2.75, 3.05) is 13.1 Å². The van der Waals surface area contributed by atoms with E-state index in [9.17, 15) is 22.8 Å². The number of nitrogens with one attached hydrogen (secondary N) is 1.